The number of para-hydroxylation sites is 1. The second-order valence-electron chi connectivity index (χ2n) is 7.53. The van der Waals surface area contributed by atoms with E-state index in [1.807, 2.05) is 67.8 Å². The van der Waals surface area contributed by atoms with Crippen LogP contribution in [0, 0.1) is 13.8 Å². The predicted molar refractivity (Wildman–Crippen MR) is 129 cm³/mol. The van der Waals surface area contributed by atoms with E-state index >= 15 is 0 Å². The summed E-state index contributed by atoms with van der Waals surface area (Å²) in [5.74, 6) is 0.941. The van der Waals surface area contributed by atoms with Gasteiger partial charge >= 0.3 is 0 Å². The van der Waals surface area contributed by atoms with Crippen molar-refractivity contribution in [1.29, 1.82) is 0 Å². The van der Waals surface area contributed by atoms with Crippen LogP contribution in [0.5, 0.6) is 0 Å². The molecule has 5 aromatic rings. The highest BCUT2D eigenvalue weighted by Gasteiger charge is 2.23. The summed E-state index contributed by atoms with van der Waals surface area (Å²) >= 11 is 3.06. The summed E-state index contributed by atoms with van der Waals surface area (Å²) in [6.45, 7) is 4.06. The van der Waals surface area contributed by atoms with Gasteiger partial charge in [-0.05, 0) is 60.7 Å². The number of anilines is 2. The van der Waals surface area contributed by atoms with Gasteiger partial charge in [-0.1, -0.05) is 40.8 Å². The summed E-state index contributed by atoms with van der Waals surface area (Å²) < 4.78 is 6.42. The number of hydrogen-bond donors (Lipinski definition) is 0. The van der Waals surface area contributed by atoms with Crippen molar-refractivity contribution in [1.82, 2.24) is 15.1 Å². The molecule has 3 heterocycles. The van der Waals surface area contributed by atoms with Gasteiger partial charge in [-0.15, -0.1) is 11.3 Å². The van der Waals surface area contributed by atoms with Gasteiger partial charge in [0.05, 0.1) is 20.8 Å². The summed E-state index contributed by atoms with van der Waals surface area (Å²) in [6.07, 6.45) is 0.596. The molecule has 0 aliphatic heterocycles. The number of benzene rings is 2. The number of carbonyl (C=O) groups excluding carboxylic acids is 1. The molecule has 5 rings (SSSR count). The normalized spacial score (nSPS) is 11.2. The summed E-state index contributed by atoms with van der Waals surface area (Å²) in [7, 11) is 0. The van der Waals surface area contributed by atoms with Crippen LogP contribution in [0.1, 0.15) is 23.4 Å². The van der Waals surface area contributed by atoms with Crippen LogP contribution in [-0.4, -0.2) is 21.0 Å². The topological polar surface area (TPSA) is 72.1 Å². The van der Waals surface area contributed by atoms with E-state index < -0.39 is 0 Å². The number of rotatable bonds is 6. The Balaban J connectivity index is 1.44. The van der Waals surface area contributed by atoms with E-state index in [4.69, 9.17) is 9.51 Å². The molecule has 0 bridgehead atoms. The van der Waals surface area contributed by atoms with Crippen LogP contribution in [0.15, 0.2) is 64.5 Å². The largest absolute Gasteiger partial charge is 0.339 e. The molecule has 0 unspecified atom stereocenters. The first-order valence-electron chi connectivity index (χ1n) is 10.2. The second-order valence-corrected chi connectivity index (χ2v) is 9.49. The molecule has 3 aromatic heterocycles. The van der Waals surface area contributed by atoms with E-state index in [2.05, 4.69) is 16.2 Å². The number of thiazole rings is 1. The van der Waals surface area contributed by atoms with Crippen molar-refractivity contribution < 1.29 is 9.32 Å². The molecule has 0 fully saturated rings. The second kappa shape index (κ2) is 8.64. The van der Waals surface area contributed by atoms with Gasteiger partial charge in [0, 0.05) is 12.8 Å². The molecule has 6 nitrogen and oxygen atoms in total. The summed E-state index contributed by atoms with van der Waals surface area (Å²) in [5.41, 5.74) is 3.89. The Morgan fingerprint density at radius 2 is 1.84 bits per heavy atom. The zero-order valence-corrected chi connectivity index (χ0v) is 19.2. The molecule has 0 saturated heterocycles. The van der Waals surface area contributed by atoms with Crippen molar-refractivity contribution >= 4 is 49.6 Å². The minimum Gasteiger partial charge on any atom is -0.339 e. The first kappa shape index (κ1) is 20.5. The number of nitrogens with zero attached hydrogens (tertiary/aromatic N) is 4. The number of thiophene rings is 1. The van der Waals surface area contributed by atoms with Gasteiger partial charge in [-0.3, -0.25) is 9.69 Å². The fourth-order valence-electron chi connectivity index (χ4n) is 3.58. The molecule has 8 heteroatoms. The fourth-order valence-corrected chi connectivity index (χ4v) is 5.24. The van der Waals surface area contributed by atoms with Crippen LogP contribution in [0.4, 0.5) is 10.8 Å². The molecule has 160 valence electrons. The van der Waals surface area contributed by atoms with Gasteiger partial charge in [0.2, 0.25) is 17.6 Å². The maximum atomic E-state index is 13.5. The highest BCUT2D eigenvalue weighted by atomic mass is 32.1. The molecule has 0 aliphatic carbocycles. The molecular formula is C24H20N4O2S2. The smallest absolute Gasteiger partial charge is 0.233 e. The van der Waals surface area contributed by atoms with Gasteiger partial charge in [-0.25, -0.2) is 4.98 Å². The van der Waals surface area contributed by atoms with Crippen molar-refractivity contribution in [3.63, 3.8) is 0 Å². The lowest BCUT2D eigenvalue weighted by Gasteiger charge is -2.21. The Bertz CT molecular complexity index is 1340. The molecule has 0 saturated carbocycles. The Labute approximate surface area is 193 Å². The maximum Gasteiger partial charge on any atom is 0.233 e. The van der Waals surface area contributed by atoms with Crippen LogP contribution < -0.4 is 4.90 Å². The van der Waals surface area contributed by atoms with Crippen molar-refractivity contribution in [2.24, 2.45) is 0 Å². The minimum atomic E-state index is -0.0649. The van der Waals surface area contributed by atoms with E-state index in [0.29, 0.717) is 23.3 Å². The zero-order valence-electron chi connectivity index (χ0n) is 17.6. The Morgan fingerprint density at radius 1 is 1.03 bits per heavy atom. The third-order valence-electron chi connectivity index (χ3n) is 4.95. The highest BCUT2D eigenvalue weighted by Crippen LogP contribution is 2.35. The number of amides is 1. The van der Waals surface area contributed by atoms with Crippen molar-refractivity contribution in [2.45, 2.75) is 26.7 Å². The molecule has 0 radical (unpaired) electrons. The Kier molecular flexibility index (Phi) is 5.55. The molecule has 0 spiro atoms. The van der Waals surface area contributed by atoms with Crippen LogP contribution in [-0.2, 0) is 11.2 Å². The number of fused-ring (bicyclic) bond motifs is 1. The van der Waals surface area contributed by atoms with Gasteiger partial charge < -0.3 is 4.52 Å². The van der Waals surface area contributed by atoms with Gasteiger partial charge in [0.25, 0.3) is 0 Å². The summed E-state index contributed by atoms with van der Waals surface area (Å²) in [5, 5.41) is 6.66. The lowest BCUT2D eigenvalue weighted by atomic mass is 10.1. The van der Waals surface area contributed by atoms with Crippen molar-refractivity contribution in [3.05, 3.63) is 77.0 Å². The zero-order chi connectivity index (χ0) is 22.1. The van der Waals surface area contributed by atoms with E-state index in [-0.39, 0.29) is 12.3 Å². The van der Waals surface area contributed by atoms with Crippen LogP contribution >= 0.6 is 22.7 Å². The maximum absolute atomic E-state index is 13.5. The van der Waals surface area contributed by atoms with Crippen LogP contribution in [0.2, 0.25) is 0 Å². The Morgan fingerprint density at radius 3 is 2.59 bits per heavy atom. The number of aryl methyl sites for hydroxylation is 3. The van der Waals surface area contributed by atoms with Gasteiger partial charge in [0.15, 0.2) is 5.13 Å². The lowest BCUT2D eigenvalue weighted by Crippen LogP contribution is -2.26. The third kappa shape index (κ3) is 4.19. The third-order valence-corrected chi connectivity index (χ3v) is 6.84. The molecule has 2 aromatic carbocycles. The molecule has 32 heavy (non-hydrogen) atoms. The Hall–Kier alpha value is -3.36. The minimum absolute atomic E-state index is 0.0649. The summed E-state index contributed by atoms with van der Waals surface area (Å²) in [6, 6.07) is 17.9. The average Bonchev–Trinajstić information content (AvgIpc) is 3.51. The van der Waals surface area contributed by atoms with Crippen LogP contribution in [0.3, 0.4) is 0 Å². The van der Waals surface area contributed by atoms with E-state index in [9.17, 15) is 4.79 Å². The molecule has 1 amide bonds. The lowest BCUT2D eigenvalue weighted by molar-refractivity contribution is -0.117. The quantitative estimate of drug-likeness (QED) is 0.296. The van der Waals surface area contributed by atoms with Crippen molar-refractivity contribution in [2.75, 3.05) is 4.90 Å². The average molecular weight is 461 g/mol. The highest BCUT2D eigenvalue weighted by molar-refractivity contribution is 7.22. The standard InChI is InChI=1S/C24H20N4O2S2/c1-15-12-16(2)14-17(13-15)28(24-25-18-6-3-4-7-19(18)32-24)22(29)10-9-21-26-23(27-30-21)20-8-5-11-31-20/h3-8,11-14H,9-10H2,1-2H3. The molecule has 0 N–H and O–H groups in total. The van der Waals surface area contributed by atoms with E-state index in [0.717, 1.165) is 31.9 Å². The molecule has 0 aliphatic rings. The van der Waals surface area contributed by atoms with Gasteiger partial charge in [0.1, 0.15) is 0 Å². The predicted octanol–water partition coefficient (Wildman–Crippen LogP) is 6.32. The van der Waals surface area contributed by atoms with Gasteiger partial charge in [-0.2, -0.15) is 4.98 Å². The molecular weight excluding hydrogens is 440 g/mol. The monoisotopic (exact) mass is 460 g/mol. The number of carbonyl (C=O) groups is 1. The number of aromatic nitrogens is 3. The van der Waals surface area contributed by atoms with E-state index in [1.165, 1.54) is 11.3 Å². The number of hydrogen-bond acceptors (Lipinski definition) is 7. The first-order chi connectivity index (χ1) is 15.6. The summed E-state index contributed by atoms with van der Waals surface area (Å²) in [4.78, 5) is 25.3. The van der Waals surface area contributed by atoms with Crippen LogP contribution in [0.25, 0.3) is 20.9 Å². The fraction of sp³-hybridized carbons (Fsp3) is 0.167. The molecule has 0 atom stereocenters. The first-order valence-corrected chi connectivity index (χ1v) is 11.9. The van der Waals surface area contributed by atoms with Crippen molar-refractivity contribution in [3.8, 4) is 10.7 Å². The SMILES string of the molecule is Cc1cc(C)cc(N(C(=O)CCc2nc(-c3cccs3)no2)c2nc3ccccc3s2)c1. The van der Waals surface area contributed by atoms with E-state index in [1.54, 1.807) is 16.2 Å².